The molecule has 0 fully saturated rings. The number of nitrogens with zero attached hydrogens (tertiary/aromatic N) is 2. The maximum absolute atomic E-state index is 4.25. The van der Waals surface area contributed by atoms with Crippen LogP contribution in [0.15, 0.2) is 9.98 Å². The van der Waals surface area contributed by atoms with Gasteiger partial charge in [-0.25, -0.2) is 4.99 Å². The van der Waals surface area contributed by atoms with E-state index in [2.05, 4.69) is 43.9 Å². The molecule has 1 heterocycles. The molecule has 0 saturated carbocycles. The molecule has 68 valence electrons. The van der Waals surface area contributed by atoms with Crippen LogP contribution in [-0.2, 0) is 0 Å². The SMILES string of the molecule is CC(C)C1(C(C)C)C=NC=NC1. The minimum Gasteiger partial charge on any atom is -0.273 e. The molecule has 0 aliphatic carbocycles. The molecule has 12 heavy (non-hydrogen) atoms. The van der Waals surface area contributed by atoms with Gasteiger partial charge in [-0.05, 0) is 11.8 Å². The number of hydrogen-bond acceptors (Lipinski definition) is 2. The highest BCUT2D eigenvalue weighted by molar-refractivity contribution is 5.79. The second-order valence-electron chi connectivity index (χ2n) is 4.16. The molecule has 1 aliphatic heterocycles. The highest BCUT2D eigenvalue weighted by atomic mass is 14.9. The first-order valence-electron chi connectivity index (χ1n) is 4.62. The summed E-state index contributed by atoms with van der Waals surface area (Å²) in [5, 5.41) is 0. The topological polar surface area (TPSA) is 24.7 Å². The van der Waals surface area contributed by atoms with Crippen molar-refractivity contribution in [1.29, 1.82) is 0 Å². The van der Waals surface area contributed by atoms with Gasteiger partial charge in [0.25, 0.3) is 0 Å². The monoisotopic (exact) mass is 166 g/mol. The average molecular weight is 166 g/mol. The standard InChI is InChI=1S/C10H18N2/c1-8(2)10(9(3)4)5-11-7-12-6-10/h5,7-9H,6H2,1-4H3. The molecule has 0 aromatic heterocycles. The van der Waals surface area contributed by atoms with Crippen molar-refractivity contribution < 1.29 is 0 Å². The Morgan fingerprint density at radius 1 is 1.17 bits per heavy atom. The zero-order chi connectivity index (χ0) is 9.19. The van der Waals surface area contributed by atoms with Gasteiger partial charge in [-0.1, -0.05) is 27.7 Å². The van der Waals surface area contributed by atoms with E-state index in [1.54, 1.807) is 6.34 Å². The van der Waals surface area contributed by atoms with Crippen LogP contribution >= 0.6 is 0 Å². The van der Waals surface area contributed by atoms with E-state index in [1.165, 1.54) is 0 Å². The first kappa shape index (κ1) is 9.43. The van der Waals surface area contributed by atoms with Gasteiger partial charge in [0.05, 0.1) is 6.54 Å². The van der Waals surface area contributed by atoms with Crippen molar-refractivity contribution in [2.75, 3.05) is 6.54 Å². The summed E-state index contributed by atoms with van der Waals surface area (Å²) in [5.74, 6) is 1.22. The number of hydrogen-bond donors (Lipinski definition) is 0. The molecular formula is C10H18N2. The van der Waals surface area contributed by atoms with Crippen molar-refractivity contribution in [2.45, 2.75) is 27.7 Å². The maximum atomic E-state index is 4.25. The van der Waals surface area contributed by atoms with Gasteiger partial charge in [-0.2, -0.15) is 0 Å². The average Bonchev–Trinajstić information content (AvgIpc) is 2.05. The Morgan fingerprint density at radius 3 is 2.00 bits per heavy atom. The van der Waals surface area contributed by atoms with E-state index in [9.17, 15) is 0 Å². The Kier molecular flexibility index (Phi) is 2.65. The van der Waals surface area contributed by atoms with Crippen molar-refractivity contribution in [2.24, 2.45) is 27.2 Å². The third-order valence-corrected chi connectivity index (χ3v) is 2.98. The maximum Gasteiger partial charge on any atom is 0.109 e. The van der Waals surface area contributed by atoms with Crippen LogP contribution in [-0.4, -0.2) is 19.1 Å². The minimum atomic E-state index is 0.189. The Balaban J connectivity index is 2.88. The Morgan fingerprint density at radius 2 is 1.75 bits per heavy atom. The van der Waals surface area contributed by atoms with Crippen LogP contribution < -0.4 is 0 Å². The summed E-state index contributed by atoms with van der Waals surface area (Å²) in [6, 6.07) is 0. The summed E-state index contributed by atoms with van der Waals surface area (Å²) < 4.78 is 0. The van der Waals surface area contributed by atoms with E-state index >= 15 is 0 Å². The fourth-order valence-electron chi connectivity index (χ4n) is 1.79. The third kappa shape index (κ3) is 1.43. The highest BCUT2D eigenvalue weighted by Crippen LogP contribution is 2.35. The molecule has 1 rings (SSSR count). The Hall–Kier alpha value is -0.660. The molecule has 0 amide bonds. The van der Waals surface area contributed by atoms with Crippen LogP contribution in [0.4, 0.5) is 0 Å². The van der Waals surface area contributed by atoms with E-state index in [0.717, 1.165) is 6.54 Å². The molecule has 0 saturated heterocycles. The molecule has 0 aromatic rings. The lowest BCUT2D eigenvalue weighted by Crippen LogP contribution is -2.39. The zero-order valence-electron chi connectivity index (χ0n) is 8.41. The molecule has 2 heteroatoms. The van der Waals surface area contributed by atoms with Crippen LogP contribution in [0.25, 0.3) is 0 Å². The smallest absolute Gasteiger partial charge is 0.109 e. The van der Waals surface area contributed by atoms with Gasteiger partial charge < -0.3 is 0 Å². The zero-order valence-corrected chi connectivity index (χ0v) is 8.41. The van der Waals surface area contributed by atoms with Gasteiger partial charge in [0.1, 0.15) is 6.34 Å². The van der Waals surface area contributed by atoms with E-state index in [4.69, 9.17) is 0 Å². The number of aliphatic imine (C=N–C) groups is 2. The number of rotatable bonds is 2. The highest BCUT2D eigenvalue weighted by Gasteiger charge is 2.36. The molecule has 2 nitrogen and oxygen atoms in total. The normalized spacial score (nSPS) is 20.8. The second-order valence-corrected chi connectivity index (χ2v) is 4.16. The van der Waals surface area contributed by atoms with Gasteiger partial charge in [-0.3, -0.25) is 4.99 Å². The molecule has 1 aliphatic rings. The molecule has 0 aromatic carbocycles. The molecule has 0 N–H and O–H groups in total. The van der Waals surface area contributed by atoms with Gasteiger partial charge in [-0.15, -0.1) is 0 Å². The van der Waals surface area contributed by atoms with Crippen LogP contribution in [0.5, 0.6) is 0 Å². The van der Waals surface area contributed by atoms with E-state index < -0.39 is 0 Å². The summed E-state index contributed by atoms with van der Waals surface area (Å²) in [4.78, 5) is 8.41. The Labute approximate surface area is 74.8 Å². The van der Waals surface area contributed by atoms with Crippen molar-refractivity contribution in [3.05, 3.63) is 0 Å². The van der Waals surface area contributed by atoms with Crippen LogP contribution in [0, 0.1) is 17.3 Å². The summed E-state index contributed by atoms with van der Waals surface area (Å²) in [5.41, 5.74) is 0.189. The summed E-state index contributed by atoms with van der Waals surface area (Å²) in [7, 11) is 0. The van der Waals surface area contributed by atoms with Gasteiger partial charge >= 0.3 is 0 Å². The predicted molar refractivity (Wildman–Crippen MR) is 54.0 cm³/mol. The van der Waals surface area contributed by atoms with Crippen molar-refractivity contribution in [3.63, 3.8) is 0 Å². The van der Waals surface area contributed by atoms with Crippen LogP contribution in [0.1, 0.15) is 27.7 Å². The molecular weight excluding hydrogens is 148 g/mol. The lowest BCUT2D eigenvalue weighted by atomic mass is 9.69. The van der Waals surface area contributed by atoms with Crippen LogP contribution in [0.3, 0.4) is 0 Å². The van der Waals surface area contributed by atoms with Gasteiger partial charge in [0.15, 0.2) is 0 Å². The van der Waals surface area contributed by atoms with Gasteiger partial charge in [0, 0.05) is 11.6 Å². The molecule has 0 spiro atoms. The van der Waals surface area contributed by atoms with Gasteiger partial charge in [0.2, 0.25) is 0 Å². The quantitative estimate of drug-likeness (QED) is 0.602. The fourth-order valence-corrected chi connectivity index (χ4v) is 1.79. The van der Waals surface area contributed by atoms with Crippen molar-refractivity contribution in [3.8, 4) is 0 Å². The van der Waals surface area contributed by atoms with E-state index in [1.807, 2.05) is 0 Å². The summed E-state index contributed by atoms with van der Waals surface area (Å²) in [6.45, 7) is 9.87. The molecule has 0 bridgehead atoms. The molecule has 0 atom stereocenters. The van der Waals surface area contributed by atoms with Crippen molar-refractivity contribution >= 4 is 12.6 Å². The lowest BCUT2D eigenvalue weighted by Gasteiger charge is -2.37. The third-order valence-electron chi connectivity index (χ3n) is 2.98. The molecule has 0 radical (unpaired) electrons. The predicted octanol–water partition coefficient (Wildman–Crippen LogP) is 2.40. The van der Waals surface area contributed by atoms with Crippen LogP contribution in [0.2, 0.25) is 0 Å². The van der Waals surface area contributed by atoms with E-state index in [-0.39, 0.29) is 5.41 Å². The second kappa shape index (κ2) is 3.38. The summed E-state index contributed by atoms with van der Waals surface area (Å²) >= 11 is 0. The first-order valence-corrected chi connectivity index (χ1v) is 4.62. The largest absolute Gasteiger partial charge is 0.273 e. The lowest BCUT2D eigenvalue weighted by molar-refractivity contribution is 0.223. The summed E-state index contributed by atoms with van der Waals surface area (Å²) in [6.07, 6.45) is 3.73. The Bertz CT molecular complexity index is 194. The van der Waals surface area contributed by atoms with Crippen molar-refractivity contribution in [1.82, 2.24) is 0 Å². The molecule has 0 unspecified atom stereocenters. The minimum absolute atomic E-state index is 0.189. The fraction of sp³-hybridized carbons (Fsp3) is 0.800. The van der Waals surface area contributed by atoms with E-state index in [0.29, 0.717) is 11.8 Å². The first-order chi connectivity index (χ1) is 5.59.